The van der Waals surface area contributed by atoms with Crippen LogP contribution in [0.3, 0.4) is 0 Å². The number of nitrogens with two attached hydrogens (primary N) is 1. The van der Waals surface area contributed by atoms with E-state index in [1.54, 1.807) is 18.3 Å². The van der Waals surface area contributed by atoms with Crippen LogP contribution in [0.4, 0.5) is 4.39 Å². The molecule has 2 N–H and O–H groups in total. The Balaban J connectivity index is 1.97. The van der Waals surface area contributed by atoms with Gasteiger partial charge in [-0.25, -0.2) is 4.39 Å². The summed E-state index contributed by atoms with van der Waals surface area (Å²) in [6.45, 7) is 1.38. The number of hydrogen-bond acceptors (Lipinski definition) is 4. The van der Waals surface area contributed by atoms with Gasteiger partial charge in [-0.3, -0.25) is 4.98 Å². The number of halogens is 1. The molecule has 5 heteroatoms. The van der Waals surface area contributed by atoms with E-state index in [0.29, 0.717) is 6.54 Å². The van der Waals surface area contributed by atoms with E-state index in [0.717, 1.165) is 17.7 Å². The van der Waals surface area contributed by atoms with Gasteiger partial charge in [0.1, 0.15) is 0 Å². The zero-order valence-corrected chi connectivity index (χ0v) is 12.3. The van der Waals surface area contributed by atoms with Crippen LogP contribution in [0.5, 0.6) is 5.75 Å². The van der Waals surface area contributed by atoms with E-state index >= 15 is 0 Å². The Hall–Kier alpha value is -1.98. The maximum atomic E-state index is 13.7. The zero-order valence-electron chi connectivity index (χ0n) is 12.3. The molecule has 1 unspecified atom stereocenters. The Morgan fingerprint density at radius 2 is 2.19 bits per heavy atom. The summed E-state index contributed by atoms with van der Waals surface area (Å²) in [4.78, 5) is 6.17. The number of pyridine rings is 1. The lowest BCUT2D eigenvalue weighted by Gasteiger charge is -2.21. The lowest BCUT2D eigenvalue weighted by molar-refractivity contribution is 0.304. The molecule has 1 atom stereocenters. The quantitative estimate of drug-likeness (QED) is 0.887. The number of nitrogens with zero attached hydrogens (tertiary/aromatic N) is 2. The van der Waals surface area contributed by atoms with Gasteiger partial charge in [-0.05, 0) is 36.4 Å². The Labute approximate surface area is 124 Å². The van der Waals surface area contributed by atoms with Gasteiger partial charge in [0.25, 0.3) is 0 Å². The summed E-state index contributed by atoms with van der Waals surface area (Å²) in [6, 6.07) is 8.49. The average Bonchev–Trinajstić information content (AvgIpc) is 2.48. The first kappa shape index (κ1) is 15.4. The molecule has 1 aromatic carbocycles. The van der Waals surface area contributed by atoms with Crippen molar-refractivity contribution in [2.24, 2.45) is 5.73 Å². The van der Waals surface area contributed by atoms with Gasteiger partial charge in [-0.15, -0.1) is 0 Å². The third-order valence-corrected chi connectivity index (χ3v) is 3.29. The fraction of sp³-hybridized carbons (Fsp3) is 0.312. The second kappa shape index (κ2) is 7.15. The van der Waals surface area contributed by atoms with Crippen LogP contribution in [0.25, 0.3) is 0 Å². The molecule has 0 aliphatic rings. The molecular weight excluding hydrogens is 269 g/mol. The fourth-order valence-corrected chi connectivity index (χ4v) is 2.22. The van der Waals surface area contributed by atoms with Crippen LogP contribution in [0.2, 0.25) is 0 Å². The Morgan fingerprint density at radius 1 is 1.38 bits per heavy atom. The van der Waals surface area contributed by atoms with Crippen molar-refractivity contribution in [3.05, 3.63) is 59.7 Å². The first-order chi connectivity index (χ1) is 10.1. The van der Waals surface area contributed by atoms with Gasteiger partial charge in [-0.2, -0.15) is 0 Å². The van der Waals surface area contributed by atoms with Crippen LogP contribution in [-0.2, 0) is 6.54 Å². The lowest BCUT2D eigenvalue weighted by Crippen LogP contribution is -2.28. The summed E-state index contributed by atoms with van der Waals surface area (Å²) in [6.07, 6.45) is 3.57. The first-order valence-corrected chi connectivity index (χ1v) is 6.76. The standard InChI is InChI=1S/C16H20FN3O/c1-20(10-12-4-3-7-19-9-12)11-15(18)13-5-6-16(21-2)14(17)8-13/h3-9,15H,10-11,18H2,1-2H3. The molecule has 112 valence electrons. The van der Waals surface area contributed by atoms with Crippen LogP contribution in [0.15, 0.2) is 42.7 Å². The highest BCUT2D eigenvalue weighted by molar-refractivity contribution is 5.31. The minimum atomic E-state index is -0.389. The van der Waals surface area contributed by atoms with E-state index in [9.17, 15) is 4.39 Å². The number of ether oxygens (including phenoxy) is 1. The molecule has 2 rings (SSSR count). The van der Waals surface area contributed by atoms with E-state index in [-0.39, 0.29) is 17.6 Å². The third-order valence-electron chi connectivity index (χ3n) is 3.29. The van der Waals surface area contributed by atoms with Gasteiger partial charge in [-0.1, -0.05) is 12.1 Å². The van der Waals surface area contributed by atoms with Crippen molar-refractivity contribution in [2.75, 3.05) is 20.7 Å². The molecule has 2 aromatic rings. The number of rotatable bonds is 6. The van der Waals surface area contributed by atoms with Crippen molar-refractivity contribution >= 4 is 0 Å². The van der Waals surface area contributed by atoms with Crippen molar-refractivity contribution in [2.45, 2.75) is 12.6 Å². The maximum Gasteiger partial charge on any atom is 0.165 e. The number of likely N-dealkylation sites (N-methyl/N-ethyl adjacent to an activating group) is 1. The average molecular weight is 289 g/mol. The van der Waals surface area contributed by atoms with E-state index in [4.69, 9.17) is 10.5 Å². The molecule has 0 fully saturated rings. The summed E-state index contributed by atoms with van der Waals surface area (Å²) in [5.74, 6) is -0.157. The zero-order chi connectivity index (χ0) is 15.2. The van der Waals surface area contributed by atoms with Crippen LogP contribution in [0, 0.1) is 5.82 Å². The Morgan fingerprint density at radius 3 is 2.81 bits per heavy atom. The molecule has 0 spiro atoms. The third kappa shape index (κ3) is 4.24. The smallest absolute Gasteiger partial charge is 0.165 e. The number of benzene rings is 1. The summed E-state index contributed by atoms with van der Waals surface area (Å²) >= 11 is 0. The normalized spacial score (nSPS) is 12.4. The van der Waals surface area contributed by atoms with Gasteiger partial charge < -0.3 is 15.4 Å². The second-order valence-electron chi connectivity index (χ2n) is 5.06. The van der Waals surface area contributed by atoms with Crippen molar-refractivity contribution in [1.82, 2.24) is 9.88 Å². The van der Waals surface area contributed by atoms with E-state index in [2.05, 4.69) is 9.88 Å². The second-order valence-corrected chi connectivity index (χ2v) is 5.06. The van der Waals surface area contributed by atoms with Crippen LogP contribution >= 0.6 is 0 Å². The number of methoxy groups -OCH3 is 1. The maximum absolute atomic E-state index is 13.7. The molecule has 0 bridgehead atoms. The van der Waals surface area contributed by atoms with Crippen molar-refractivity contribution in [3.63, 3.8) is 0 Å². The molecule has 0 saturated heterocycles. The van der Waals surface area contributed by atoms with Gasteiger partial charge in [0.15, 0.2) is 11.6 Å². The van der Waals surface area contributed by atoms with Crippen molar-refractivity contribution in [3.8, 4) is 5.75 Å². The summed E-state index contributed by atoms with van der Waals surface area (Å²) < 4.78 is 18.6. The van der Waals surface area contributed by atoms with Crippen molar-refractivity contribution < 1.29 is 9.13 Å². The molecular formula is C16H20FN3O. The lowest BCUT2D eigenvalue weighted by atomic mass is 10.1. The molecule has 0 amide bonds. The van der Waals surface area contributed by atoms with E-state index < -0.39 is 0 Å². The first-order valence-electron chi connectivity index (χ1n) is 6.76. The topological polar surface area (TPSA) is 51.4 Å². The Kier molecular flexibility index (Phi) is 5.25. The van der Waals surface area contributed by atoms with Gasteiger partial charge in [0, 0.05) is 31.5 Å². The minimum absolute atomic E-state index is 0.231. The highest BCUT2D eigenvalue weighted by Crippen LogP contribution is 2.21. The van der Waals surface area contributed by atoms with E-state index in [1.165, 1.54) is 13.2 Å². The molecule has 4 nitrogen and oxygen atoms in total. The molecule has 1 aromatic heterocycles. The fourth-order valence-electron chi connectivity index (χ4n) is 2.22. The monoisotopic (exact) mass is 289 g/mol. The molecule has 21 heavy (non-hydrogen) atoms. The predicted octanol–water partition coefficient (Wildman–Crippen LogP) is 2.36. The highest BCUT2D eigenvalue weighted by atomic mass is 19.1. The van der Waals surface area contributed by atoms with Crippen LogP contribution in [-0.4, -0.2) is 30.6 Å². The van der Waals surface area contributed by atoms with Gasteiger partial charge in [0.2, 0.25) is 0 Å². The SMILES string of the molecule is COc1ccc(C(N)CN(C)Cc2cccnc2)cc1F. The number of hydrogen-bond donors (Lipinski definition) is 1. The number of aromatic nitrogens is 1. The highest BCUT2D eigenvalue weighted by Gasteiger charge is 2.12. The minimum Gasteiger partial charge on any atom is -0.494 e. The summed E-state index contributed by atoms with van der Waals surface area (Å²) in [5, 5.41) is 0. The molecule has 0 radical (unpaired) electrons. The largest absolute Gasteiger partial charge is 0.494 e. The molecule has 0 saturated carbocycles. The molecule has 1 heterocycles. The predicted molar refractivity (Wildman–Crippen MR) is 80.5 cm³/mol. The summed E-state index contributed by atoms with van der Waals surface area (Å²) in [7, 11) is 3.42. The van der Waals surface area contributed by atoms with Gasteiger partial charge in [0.05, 0.1) is 7.11 Å². The Bertz CT molecular complexity index is 577. The van der Waals surface area contributed by atoms with Crippen LogP contribution in [0.1, 0.15) is 17.2 Å². The van der Waals surface area contributed by atoms with Gasteiger partial charge >= 0.3 is 0 Å². The molecule has 0 aliphatic heterocycles. The van der Waals surface area contributed by atoms with Crippen LogP contribution < -0.4 is 10.5 Å². The van der Waals surface area contributed by atoms with Crippen molar-refractivity contribution in [1.29, 1.82) is 0 Å². The summed E-state index contributed by atoms with van der Waals surface area (Å²) in [5.41, 5.74) is 8.02. The van der Waals surface area contributed by atoms with E-state index in [1.807, 2.05) is 25.4 Å². The molecule has 0 aliphatic carbocycles.